The van der Waals surface area contributed by atoms with Crippen molar-refractivity contribution in [2.75, 3.05) is 13.2 Å². The van der Waals surface area contributed by atoms with Crippen LogP contribution in [-0.4, -0.2) is 29.0 Å². The first kappa shape index (κ1) is 15.1. The minimum absolute atomic E-state index is 0.0116. The Balaban J connectivity index is 4.34. The van der Waals surface area contributed by atoms with Gasteiger partial charge in [-0.3, -0.25) is 4.57 Å². The molecule has 6 heteroatoms. The second-order valence-corrected chi connectivity index (χ2v) is 6.88. The van der Waals surface area contributed by atoms with Crippen molar-refractivity contribution in [2.45, 2.75) is 33.5 Å². The molecule has 0 rings (SSSR count). The van der Waals surface area contributed by atoms with Gasteiger partial charge in [-0.2, -0.15) is 0 Å². The lowest BCUT2D eigenvalue weighted by Crippen LogP contribution is -2.30. The zero-order valence-electron chi connectivity index (χ0n) is 9.80. The third-order valence-electron chi connectivity index (χ3n) is 2.13. The van der Waals surface area contributed by atoms with E-state index in [-0.39, 0.29) is 19.1 Å². The molecule has 0 spiro atoms. The molecule has 92 valence electrons. The molecule has 0 aliphatic carbocycles. The molecule has 0 aliphatic heterocycles. The van der Waals surface area contributed by atoms with Gasteiger partial charge in [-0.05, 0) is 5.92 Å². The fourth-order valence-corrected chi connectivity index (χ4v) is 2.24. The molecule has 0 saturated heterocycles. The highest BCUT2D eigenvalue weighted by Crippen LogP contribution is 2.48. The molecule has 0 heterocycles. The van der Waals surface area contributed by atoms with E-state index in [4.69, 9.17) is 15.4 Å². The van der Waals surface area contributed by atoms with Crippen molar-refractivity contribution in [3.63, 3.8) is 0 Å². The summed E-state index contributed by atoms with van der Waals surface area (Å²) in [6.45, 7) is 6.91. The summed E-state index contributed by atoms with van der Waals surface area (Å²) in [4.78, 5) is 9.54. The van der Waals surface area contributed by atoms with Crippen LogP contribution in [0.1, 0.15) is 27.7 Å². The molecule has 2 atom stereocenters. The maximum Gasteiger partial charge on any atom is 0.344 e. The topological polar surface area (TPSA) is 92.8 Å². The lowest BCUT2D eigenvalue weighted by Gasteiger charge is -2.27. The highest BCUT2D eigenvalue weighted by atomic mass is 31.2. The first-order valence-corrected chi connectivity index (χ1v) is 6.60. The predicted octanol–water partition coefficient (Wildman–Crippen LogP) is 1.15. The van der Waals surface area contributed by atoms with Crippen LogP contribution in [0.3, 0.4) is 0 Å². The van der Waals surface area contributed by atoms with Crippen molar-refractivity contribution in [1.29, 1.82) is 0 Å². The van der Waals surface area contributed by atoms with E-state index in [0.29, 0.717) is 0 Å². The fraction of sp³-hybridized carbons (Fsp3) is 1.00. The van der Waals surface area contributed by atoms with Gasteiger partial charge in [-0.15, -0.1) is 0 Å². The largest absolute Gasteiger partial charge is 0.396 e. The van der Waals surface area contributed by atoms with Crippen LogP contribution in [0.5, 0.6) is 0 Å². The Bertz CT molecular complexity index is 242. The van der Waals surface area contributed by atoms with E-state index in [1.54, 1.807) is 27.7 Å². The standard InChI is InChI=1S/C9H22NO4P/c1-7(2)8(10)15(12,13)14-6-9(3,4)5-11/h7-8,11H,5-6,10H2,1-4H3,(H,12,13). The van der Waals surface area contributed by atoms with Gasteiger partial charge in [0.1, 0.15) is 5.78 Å². The molecular weight excluding hydrogens is 217 g/mol. The summed E-state index contributed by atoms with van der Waals surface area (Å²) in [7, 11) is -3.78. The van der Waals surface area contributed by atoms with Crippen molar-refractivity contribution in [3.05, 3.63) is 0 Å². The molecule has 0 aromatic rings. The van der Waals surface area contributed by atoms with E-state index >= 15 is 0 Å². The summed E-state index contributed by atoms with van der Waals surface area (Å²) in [6.07, 6.45) is 0. The van der Waals surface area contributed by atoms with E-state index in [0.717, 1.165) is 0 Å². The van der Waals surface area contributed by atoms with Crippen LogP contribution in [0, 0.1) is 11.3 Å². The number of hydrogen-bond acceptors (Lipinski definition) is 4. The quantitative estimate of drug-likeness (QED) is 0.604. The van der Waals surface area contributed by atoms with E-state index in [1.807, 2.05) is 0 Å². The molecule has 15 heavy (non-hydrogen) atoms. The third kappa shape index (κ3) is 5.09. The minimum Gasteiger partial charge on any atom is -0.396 e. The predicted molar refractivity (Wildman–Crippen MR) is 59.5 cm³/mol. The summed E-state index contributed by atoms with van der Waals surface area (Å²) >= 11 is 0. The average molecular weight is 239 g/mol. The number of hydrogen-bond donors (Lipinski definition) is 3. The molecule has 0 saturated carbocycles. The molecule has 4 N–H and O–H groups in total. The van der Waals surface area contributed by atoms with Gasteiger partial charge in [0.2, 0.25) is 0 Å². The SMILES string of the molecule is CC(C)C(N)P(=O)(O)OCC(C)(C)CO. The second kappa shape index (κ2) is 5.41. The van der Waals surface area contributed by atoms with Gasteiger partial charge < -0.3 is 20.3 Å². The minimum atomic E-state index is -3.78. The maximum atomic E-state index is 11.6. The van der Waals surface area contributed by atoms with E-state index in [2.05, 4.69) is 0 Å². The normalized spacial score (nSPS) is 18.9. The summed E-state index contributed by atoms with van der Waals surface area (Å²) < 4.78 is 16.6. The van der Waals surface area contributed by atoms with Gasteiger partial charge in [-0.1, -0.05) is 27.7 Å². The van der Waals surface area contributed by atoms with Gasteiger partial charge in [0, 0.05) is 5.41 Å². The van der Waals surface area contributed by atoms with Crippen molar-refractivity contribution < 1.29 is 19.1 Å². The number of nitrogens with two attached hydrogens (primary N) is 1. The smallest absolute Gasteiger partial charge is 0.344 e. The Kier molecular flexibility index (Phi) is 5.44. The van der Waals surface area contributed by atoms with Gasteiger partial charge in [-0.25, -0.2) is 0 Å². The lowest BCUT2D eigenvalue weighted by atomic mass is 9.97. The highest BCUT2D eigenvalue weighted by molar-refractivity contribution is 7.53. The summed E-state index contributed by atoms with van der Waals surface area (Å²) in [5.41, 5.74) is 5.03. The monoisotopic (exact) mass is 239 g/mol. The molecule has 5 nitrogen and oxygen atoms in total. The molecule has 0 radical (unpaired) electrons. The van der Waals surface area contributed by atoms with Crippen LogP contribution in [0.4, 0.5) is 0 Å². The van der Waals surface area contributed by atoms with Crippen molar-refractivity contribution in [1.82, 2.24) is 0 Å². The molecular formula is C9H22NO4P. The molecule has 0 amide bonds. The first-order valence-electron chi connectivity index (χ1n) is 4.96. The van der Waals surface area contributed by atoms with Crippen molar-refractivity contribution in [3.8, 4) is 0 Å². The summed E-state index contributed by atoms with van der Waals surface area (Å²) in [5, 5.41) is 8.96. The van der Waals surface area contributed by atoms with Crippen LogP contribution in [0.25, 0.3) is 0 Å². The first-order chi connectivity index (χ1) is 6.62. The highest BCUT2D eigenvalue weighted by Gasteiger charge is 2.33. The summed E-state index contributed by atoms with van der Waals surface area (Å²) in [5.74, 6) is -1.01. The molecule has 0 fully saturated rings. The molecule has 0 aromatic heterocycles. The molecule has 2 unspecified atom stereocenters. The summed E-state index contributed by atoms with van der Waals surface area (Å²) in [6, 6.07) is 0. The van der Waals surface area contributed by atoms with Crippen molar-refractivity contribution in [2.24, 2.45) is 17.1 Å². The Morgan fingerprint density at radius 2 is 1.93 bits per heavy atom. The van der Waals surface area contributed by atoms with E-state index in [9.17, 15) is 9.46 Å². The van der Waals surface area contributed by atoms with E-state index < -0.39 is 18.8 Å². The Hall–Kier alpha value is 0.0700. The van der Waals surface area contributed by atoms with E-state index in [1.165, 1.54) is 0 Å². The molecule has 0 bridgehead atoms. The van der Waals surface area contributed by atoms with Crippen molar-refractivity contribution >= 4 is 7.60 Å². The van der Waals surface area contributed by atoms with Crippen LogP contribution < -0.4 is 5.73 Å². The van der Waals surface area contributed by atoms with Gasteiger partial charge in [0.25, 0.3) is 0 Å². The Labute approximate surface area is 91.2 Å². The lowest BCUT2D eigenvalue weighted by molar-refractivity contribution is 0.0882. The van der Waals surface area contributed by atoms with Gasteiger partial charge >= 0.3 is 7.60 Å². The number of aliphatic hydroxyl groups excluding tert-OH is 1. The second-order valence-electron chi connectivity index (χ2n) is 4.89. The third-order valence-corrected chi connectivity index (χ3v) is 3.98. The maximum absolute atomic E-state index is 11.6. The number of aliphatic hydroxyl groups is 1. The zero-order valence-corrected chi connectivity index (χ0v) is 10.7. The number of rotatable bonds is 6. The van der Waals surface area contributed by atoms with Gasteiger partial charge in [0.05, 0.1) is 13.2 Å². The molecule has 0 aromatic carbocycles. The van der Waals surface area contributed by atoms with Crippen LogP contribution in [0.15, 0.2) is 0 Å². The zero-order chi connectivity index (χ0) is 12.3. The van der Waals surface area contributed by atoms with Crippen LogP contribution in [0.2, 0.25) is 0 Å². The Morgan fingerprint density at radius 3 is 2.27 bits per heavy atom. The fourth-order valence-electron chi connectivity index (χ4n) is 0.776. The van der Waals surface area contributed by atoms with Crippen LogP contribution >= 0.6 is 7.60 Å². The van der Waals surface area contributed by atoms with Gasteiger partial charge in [0.15, 0.2) is 0 Å². The van der Waals surface area contributed by atoms with Crippen LogP contribution in [-0.2, 0) is 9.09 Å². The average Bonchev–Trinajstić information content (AvgIpc) is 2.14. The molecule has 0 aliphatic rings. The Morgan fingerprint density at radius 1 is 1.47 bits per heavy atom.